The van der Waals surface area contributed by atoms with Gasteiger partial charge in [-0.2, -0.15) is 0 Å². The Morgan fingerprint density at radius 3 is 3.07 bits per heavy atom. The van der Waals surface area contributed by atoms with Gasteiger partial charge in [0.05, 0.1) is 5.75 Å². The number of aryl methyl sites for hydroxylation is 1. The number of thioether (sulfide) groups is 1. The van der Waals surface area contributed by atoms with Gasteiger partial charge in [0.25, 0.3) is 0 Å². The Hall–Kier alpha value is -0.960. The molecule has 0 radical (unpaired) electrons. The van der Waals surface area contributed by atoms with Gasteiger partial charge in [-0.15, -0.1) is 11.8 Å². The lowest BCUT2D eigenvalue weighted by molar-refractivity contribution is -0.115. The van der Waals surface area contributed by atoms with Crippen LogP contribution in [0.2, 0.25) is 0 Å². The van der Waals surface area contributed by atoms with Crippen molar-refractivity contribution in [1.29, 1.82) is 0 Å². The summed E-state index contributed by atoms with van der Waals surface area (Å²) in [6.07, 6.45) is 3.55. The highest BCUT2D eigenvalue weighted by molar-refractivity contribution is 8.00. The zero-order valence-electron chi connectivity index (χ0n) is 8.61. The van der Waals surface area contributed by atoms with Gasteiger partial charge in [0.2, 0.25) is 5.91 Å². The molecule has 0 fully saturated rings. The number of primary amides is 1. The minimum atomic E-state index is -0.219. The lowest BCUT2D eigenvalue weighted by Crippen LogP contribution is -2.15. The molecule has 3 heteroatoms. The van der Waals surface area contributed by atoms with Crippen LogP contribution < -0.4 is 5.73 Å². The normalized spacial score (nSPS) is 19.6. The van der Waals surface area contributed by atoms with E-state index in [-0.39, 0.29) is 5.91 Å². The minimum absolute atomic E-state index is 0.219. The van der Waals surface area contributed by atoms with Gasteiger partial charge in [-0.3, -0.25) is 4.79 Å². The first-order chi connectivity index (χ1) is 7.27. The van der Waals surface area contributed by atoms with Crippen molar-refractivity contribution >= 4 is 17.7 Å². The second-order valence-electron chi connectivity index (χ2n) is 3.86. The first-order valence-corrected chi connectivity index (χ1v) is 6.30. The molecule has 0 spiro atoms. The van der Waals surface area contributed by atoms with Crippen molar-refractivity contribution in [2.75, 3.05) is 5.75 Å². The van der Waals surface area contributed by atoms with Crippen molar-refractivity contribution in [3.8, 4) is 0 Å². The predicted octanol–water partition coefficient (Wildman–Crippen LogP) is 2.28. The first-order valence-electron chi connectivity index (χ1n) is 5.25. The molecule has 0 heterocycles. The van der Waals surface area contributed by atoms with Crippen LogP contribution in [0.25, 0.3) is 0 Å². The largest absolute Gasteiger partial charge is 0.369 e. The fourth-order valence-electron chi connectivity index (χ4n) is 2.07. The van der Waals surface area contributed by atoms with E-state index in [1.807, 2.05) is 0 Å². The predicted molar refractivity (Wildman–Crippen MR) is 63.8 cm³/mol. The van der Waals surface area contributed by atoms with Crippen molar-refractivity contribution in [3.63, 3.8) is 0 Å². The molecule has 1 aliphatic carbocycles. The Kier molecular flexibility index (Phi) is 3.31. The Bertz CT molecular complexity index is 364. The molecule has 1 unspecified atom stereocenters. The summed E-state index contributed by atoms with van der Waals surface area (Å²) in [6.45, 7) is 0. The van der Waals surface area contributed by atoms with Crippen molar-refractivity contribution in [2.24, 2.45) is 5.73 Å². The van der Waals surface area contributed by atoms with Crippen LogP contribution in [0.15, 0.2) is 24.3 Å². The molecule has 2 rings (SSSR count). The van der Waals surface area contributed by atoms with Crippen LogP contribution in [-0.2, 0) is 11.2 Å². The number of benzene rings is 1. The van der Waals surface area contributed by atoms with Crippen LogP contribution in [0.4, 0.5) is 0 Å². The van der Waals surface area contributed by atoms with Crippen LogP contribution in [-0.4, -0.2) is 11.7 Å². The summed E-state index contributed by atoms with van der Waals surface area (Å²) < 4.78 is 0. The summed E-state index contributed by atoms with van der Waals surface area (Å²) in [4.78, 5) is 10.8. The van der Waals surface area contributed by atoms with E-state index in [0.29, 0.717) is 11.0 Å². The van der Waals surface area contributed by atoms with Gasteiger partial charge < -0.3 is 5.73 Å². The third-order valence-electron chi connectivity index (χ3n) is 2.74. The standard InChI is InChI=1S/C12H15NOS/c13-12(14)8-15-11-7-3-5-9-4-1-2-6-10(9)11/h1-2,4,6,11H,3,5,7-8H2,(H2,13,14). The maximum atomic E-state index is 10.8. The highest BCUT2D eigenvalue weighted by Gasteiger charge is 2.20. The summed E-state index contributed by atoms with van der Waals surface area (Å²) >= 11 is 1.67. The average molecular weight is 221 g/mol. The maximum Gasteiger partial charge on any atom is 0.227 e. The molecule has 1 aliphatic rings. The minimum Gasteiger partial charge on any atom is -0.369 e. The van der Waals surface area contributed by atoms with E-state index in [2.05, 4.69) is 24.3 Å². The van der Waals surface area contributed by atoms with E-state index >= 15 is 0 Å². The van der Waals surface area contributed by atoms with Gasteiger partial charge in [0.1, 0.15) is 0 Å². The Labute approximate surface area is 94.2 Å². The molecule has 0 aliphatic heterocycles. The fraction of sp³-hybridized carbons (Fsp3) is 0.417. The number of amides is 1. The van der Waals surface area contributed by atoms with Crippen LogP contribution in [0.1, 0.15) is 29.2 Å². The summed E-state index contributed by atoms with van der Waals surface area (Å²) in [5.74, 6) is 0.210. The number of carbonyl (C=O) groups is 1. The maximum absolute atomic E-state index is 10.8. The van der Waals surface area contributed by atoms with E-state index in [4.69, 9.17) is 5.73 Å². The third kappa shape index (κ3) is 2.53. The van der Waals surface area contributed by atoms with Gasteiger partial charge in [-0.05, 0) is 30.4 Å². The zero-order chi connectivity index (χ0) is 10.7. The molecule has 2 N–H and O–H groups in total. The quantitative estimate of drug-likeness (QED) is 0.851. The Morgan fingerprint density at radius 2 is 2.27 bits per heavy atom. The van der Waals surface area contributed by atoms with Crippen LogP contribution in [0.5, 0.6) is 0 Å². The molecule has 2 nitrogen and oxygen atoms in total. The number of nitrogens with two attached hydrogens (primary N) is 1. The van der Waals surface area contributed by atoms with E-state index in [9.17, 15) is 4.79 Å². The van der Waals surface area contributed by atoms with Gasteiger partial charge in [-0.1, -0.05) is 24.3 Å². The highest BCUT2D eigenvalue weighted by Crippen LogP contribution is 2.39. The molecule has 0 aromatic heterocycles. The fourth-order valence-corrected chi connectivity index (χ4v) is 3.17. The van der Waals surface area contributed by atoms with Gasteiger partial charge in [-0.25, -0.2) is 0 Å². The molecular formula is C12H15NOS. The van der Waals surface area contributed by atoms with Crippen LogP contribution in [0, 0.1) is 0 Å². The first kappa shape index (κ1) is 10.6. The lowest BCUT2D eigenvalue weighted by Gasteiger charge is -2.24. The number of carbonyl (C=O) groups excluding carboxylic acids is 1. The number of fused-ring (bicyclic) bond motifs is 1. The smallest absolute Gasteiger partial charge is 0.227 e. The zero-order valence-corrected chi connectivity index (χ0v) is 9.43. The van der Waals surface area contributed by atoms with Crippen LogP contribution in [0.3, 0.4) is 0 Å². The SMILES string of the molecule is NC(=O)CSC1CCCc2ccccc21. The number of hydrogen-bond acceptors (Lipinski definition) is 2. The molecule has 80 valence electrons. The highest BCUT2D eigenvalue weighted by atomic mass is 32.2. The van der Waals surface area contributed by atoms with Gasteiger partial charge in [0.15, 0.2) is 0 Å². The molecular weight excluding hydrogens is 206 g/mol. The van der Waals surface area contributed by atoms with Crippen molar-refractivity contribution in [2.45, 2.75) is 24.5 Å². The lowest BCUT2D eigenvalue weighted by atomic mass is 9.91. The molecule has 1 aromatic rings. The molecule has 1 aromatic carbocycles. The average Bonchev–Trinajstić information content (AvgIpc) is 2.26. The van der Waals surface area contributed by atoms with Crippen LogP contribution >= 0.6 is 11.8 Å². The Morgan fingerprint density at radius 1 is 1.47 bits per heavy atom. The number of rotatable bonds is 3. The molecule has 0 saturated carbocycles. The van der Waals surface area contributed by atoms with Gasteiger partial charge >= 0.3 is 0 Å². The summed E-state index contributed by atoms with van der Waals surface area (Å²) in [6, 6.07) is 8.52. The van der Waals surface area contributed by atoms with E-state index in [0.717, 1.165) is 6.42 Å². The van der Waals surface area contributed by atoms with E-state index < -0.39 is 0 Å². The molecule has 15 heavy (non-hydrogen) atoms. The second-order valence-corrected chi connectivity index (χ2v) is 5.05. The van der Waals surface area contributed by atoms with E-state index in [1.54, 1.807) is 11.8 Å². The summed E-state index contributed by atoms with van der Waals surface area (Å²) in [5.41, 5.74) is 8.00. The van der Waals surface area contributed by atoms with Crippen molar-refractivity contribution in [1.82, 2.24) is 0 Å². The monoisotopic (exact) mass is 221 g/mol. The van der Waals surface area contributed by atoms with Gasteiger partial charge in [0, 0.05) is 5.25 Å². The summed E-state index contributed by atoms with van der Waals surface area (Å²) in [7, 11) is 0. The van der Waals surface area contributed by atoms with E-state index in [1.165, 1.54) is 24.0 Å². The Balaban J connectivity index is 2.11. The van der Waals surface area contributed by atoms with Crippen molar-refractivity contribution < 1.29 is 4.79 Å². The topological polar surface area (TPSA) is 43.1 Å². The van der Waals surface area contributed by atoms with Crippen molar-refractivity contribution in [3.05, 3.63) is 35.4 Å². The third-order valence-corrected chi connectivity index (χ3v) is 4.08. The molecule has 0 bridgehead atoms. The summed E-state index contributed by atoms with van der Waals surface area (Å²) in [5, 5.41) is 0.461. The second kappa shape index (κ2) is 4.71. The number of hydrogen-bond donors (Lipinski definition) is 1. The molecule has 1 atom stereocenters. The molecule has 0 saturated heterocycles. The molecule has 1 amide bonds.